The molecule has 0 aliphatic heterocycles. The highest BCUT2D eigenvalue weighted by molar-refractivity contribution is 7.92. The van der Waals surface area contributed by atoms with E-state index in [4.69, 9.17) is 11.6 Å². The number of anilines is 1. The summed E-state index contributed by atoms with van der Waals surface area (Å²) in [5, 5.41) is 3.23. The minimum Gasteiger partial charge on any atom is -0.352 e. The van der Waals surface area contributed by atoms with E-state index in [9.17, 15) is 26.8 Å². The first kappa shape index (κ1) is 28.5. The fraction of sp³-hybridized carbons (Fsp3) is 0.417. The molecule has 0 aliphatic carbocycles. The molecule has 0 saturated heterocycles. The summed E-state index contributed by atoms with van der Waals surface area (Å²) in [5.74, 6) is -2.99. The molecule has 2 rings (SSSR count). The van der Waals surface area contributed by atoms with Gasteiger partial charge < -0.3 is 10.2 Å². The lowest BCUT2D eigenvalue weighted by atomic mass is 10.1. The fourth-order valence-electron chi connectivity index (χ4n) is 3.44. The summed E-state index contributed by atoms with van der Waals surface area (Å²) < 4.78 is 52.4. The first-order valence-electron chi connectivity index (χ1n) is 11.1. The zero-order valence-corrected chi connectivity index (χ0v) is 21.7. The quantitative estimate of drug-likeness (QED) is 0.474. The monoisotopic (exact) mass is 529 g/mol. The summed E-state index contributed by atoms with van der Waals surface area (Å²) in [5.41, 5.74) is 0.614. The molecule has 0 aromatic heterocycles. The molecule has 1 atom stereocenters. The third kappa shape index (κ3) is 8.17. The van der Waals surface area contributed by atoms with Gasteiger partial charge in [-0.25, -0.2) is 17.2 Å². The lowest BCUT2D eigenvalue weighted by Gasteiger charge is -2.30. The number of benzene rings is 2. The maximum Gasteiger partial charge on any atom is 0.242 e. The van der Waals surface area contributed by atoms with E-state index >= 15 is 0 Å². The van der Waals surface area contributed by atoms with Crippen molar-refractivity contribution in [1.29, 1.82) is 0 Å². The second kappa shape index (κ2) is 12.3. The van der Waals surface area contributed by atoms with Crippen molar-refractivity contribution in [2.24, 2.45) is 0 Å². The van der Waals surface area contributed by atoms with Crippen molar-refractivity contribution in [2.45, 2.75) is 52.2 Å². The van der Waals surface area contributed by atoms with Crippen LogP contribution in [0.2, 0.25) is 5.02 Å². The molecule has 0 fully saturated rings. The van der Waals surface area contributed by atoms with Crippen molar-refractivity contribution in [3.8, 4) is 0 Å². The minimum atomic E-state index is -3.83. The van der Waals surface area contributed by atoms with Gasteiger partial charge in [0.15, 0.2) is 11.6 Å². The summed E-state index contributed by atoms with van der Waals surface area (Å²) in [4.78, 5) is 27.2. The predicted octanol–water partition coefficient (Wildman–Crippen LogP) is 4.11. The van der Waals surface area contributed by atoms with Gasteiger partial charge in [0, 0.05) is 36.6 Å². The molecule has 7 nitrogen and oxygen atoms in total. The molecule has 0 heterocycles. The van der Waals surface area contributed by atoms with Crippen LogP contribution in [0.3, 0.4) is 0 Å². The zero-order valence-electron chi connectivity index (χ0n) is 20.1. The van der Waals surface area contributed by atoms with Crippen LogP contribution in [-0.4, -0.2) is 50.0 Å². The number of nitrogens with one attached hydrogen (secondary N) is 1. The van der Waals surface area contributed by atoms with Crippen LogP contribution in [0.5, 0.6) is 0 Å². The van der Waals surface area contributed by atoms with Gasteiger partial charge >= 0.3 is 0 Å². The highest BCUT2D eigenvalue weighted by Crippen LogP contribution is 2.22. The number of nitrogens with zero attached hydrogens (tertiary/aromatic N) is 2. The molecule has 1 unspecified atom stereocenters. The van der Waals surface area contributed by atoms with E-state index in [2.05, 4.69) is 5.32 Å². The summed E-state index contributed by atoms with van der Waals surface area (Å²) in [7, 11) is -3.83. The van der Waals surface area contributed by atoms with E-state index in [-0.39, 0.29) is 49.5 Å². The highest BCUT2D eigenvalue weighted by Gasteiger charge is 2.27. The Morgan fingerprint density at radius 3 is 2.29 bits per heavy atom. The van der Waals surface area contributed by atoms with E-state index < -0.39 is 27.7 Å². The van der Waals surface area contributed by atoms with Gasteiger partial charge in [0.2, 0.25) is 21.8 Å². The lowest BCUT2D eigenvalue weighted by Crippen LogP contribution is -2.49. The standard InChI is InChI=1S/C24H30ClF2N3O4S/c1-16(2)28-24(32)17(3)29(15-18-8-5-6-9-20(18)25)23(31)10-7-13-30(35(4,33)34)19-11-12-21(26)22(27)14-19/h5-6,8-9,11-12,14,16-17H,7,10,13,15H2,1-4H3,(H,28,32). The van der Waals surface area contributed by atoms with E-state index in [0.717, 1.165) is 28.8 Å². The number of halogens is 3. The van der Waals surface area contributed by atoms with Gasteiger partial charge in [-0.15, -0.1) is 0 Å². The van der Waals surface area contributed by atoms with Crippen molar-refractivity contribution in [2.75, 3.05) is 17.1 Å². The Balaban J connectivity index is 2.20. The van der Waals surface area contributed by atoms with Gasteiger partial charge in [-0.2, -0.15) is 0 Å². The Kier molecular flexibility index (Phi) is 10.0. The Labute approximate surface area is 210 Å². The molecule has 11 heteroatoms. The Morgan fingerprint density at radius 2 is 1.71 bits per heavy atom. The fourth-order valence-corrected chi connectivity index (χ4v) is 4.59. The normalized spacial score (nSPS) is 12.3. The summed E-state index contributed by atoms with van der Waals surface area (Å²) in [6.45, 7) is 5.18. The maximum absolute atomic E-state index is 13.7. The van der Waals surface area contributed by atoms with E-state index in [1.807, 2.05) is 13.8 Å². The van der Waals surface area contributed by atoms with Crippen LogP contribution in [0.15, 0.2) is 42.5 Å². The number of hydrogen-bond acceptors (Lipinski definition) is 4. The van der Waals surface area contributed by atoms with Gasteiger partial charge in [0.05, 0.1) is 11.9 Å². The third-order valence-corrected chi connectivity index (χ3v) is 6.80. The van der Waals surface area contributed by atoms with Crippen molar-refractivity contribution in [3.05, 3.63) is 64.7 Å². The lowest BCUT2D eigenvalue weighted by molar-refractivity contribution is -0.140. The van der Waals surface area contributed by atoms with Crippen LogP contribution in [0.25, 0.3) is 0 Å². The smallest absolute Gasteiger partial charge is 0.242 e. The summed E-state index contributed by atoms with van der Waals surface area (Å²) in [6, 6.07) is 8.83. The van der Waals surface area contributed by atoms with E-state index in [1.165, 1.54) is 4.90 Å². The number of sulfonamides is 1. The molecule has 1 N–H and O–H groups in total. The highest BCUT2D eigenvalue weighted by atomic mass is 35.5. The van der Waals surface area contributed by atoms with Gasteiger partial charge in [0.1, 0.15) is 6.04 Å². The van der Waals surface area contributed by atoms with E-state index in [1.54, 1.807) is 31.2 Å². The van der Waals surface area contributed by atoms with Crippen LogP contribution in [0, 0.1) is 11.6 Å². The predicted molar refractivity (Wildman–Crippen MR) is 133 cm³/mol. The molecule has 0 bridgehead atoms. The van der Waals surface area contributed by atoms with Gasteiger partial charge in [0.25, 0.3) is 0 Å². The number of carbonyl (C=O) groups is 2. The van der Waals surface area contributed by atoms with Crippen LogP contribution in [-0.2, 0) is 26.2 Å². The van der Waals surface area contributed by atoms with Gasteiger partial charge in [-0.1, -0.05) is 29.8 Å². The molecule has 192 valence electrons. The second-order valence-electron chi connectivity index (χ2n) is 8.49. The largest absolute Gasteiger partial charge is 0.352 e. The maximum atomic E-state index is 13.7. The minimum absolute atomic E-state index is 0.0450. The Bertz CT molecular complexity index is 1160. The number of hydrogen-bond donors (Lipinski definition) is 1. The Hall–Kier alpha value is -2.72. The Morgan fingerprint density at radius 1 is 1.06 bits per heavy atom. The second-order valence-corrected chi connectivity index (χ2v) is 10.8. The summed E-state index contributed by atoms with van der Waals surface area (Å²) in [6.07, 6.45) is 0.944. The van der Waals surface area contributed by atoms with Crippen molar-refractivity contribution in [1.82, 2.24) is 10.2 Å². The molecular formula is C24H30ClF2N3O4S. The van der Waals surface area contributed by atoms with Crippen LogP contribution < -0.4 is 9.62 Å². The number of rotatable bonds is 11. The molecule has 0 aliphatic rings. The SMILES string of the molecule is CC(C)NC(=O)C(C)N(Cc1ccccc1Cl)C(=O)CCCN(c1ccc(F)c(F)c1)S(C)(=O)=O. The van der Waals surface area contributed by atoms with Gasteiger partial charge in [-0.3, -0.25) is 13.9 Å². The van der Waals surface area contributed by atoms with Crippen LogP contribution in [0.4, 0.5) is 14.5 Å². The van der Waals surface area contributed by atoms with Gasteiger partial charge in [-0.05, 0) is 51.0 Å². The summed E-state index contributed by atoms with van der Waals surface area (Å²) >= 11 is 6.26. The molecule has 2 amide bonds. The molecule has 2 aromatic rings. The van der Waals surface area contributed by atoms with Crippen molar-refractivity contribution >= 4 is 39.1 Å². The molecule has 35 heavy (non-hydrogen) atoms. The zero-order chi connectivity index (χ0) is 26.3. The van der Waals surface area contributed by atoms with Crippen LogP contribution in [0.1, 0.15) is 39.2 Å². The van der Waals surface area contributed by atoms with Crippen molar-refractivity contribution in [3.63, 3.8) is 0 Å². The van der Waals surface area contributed by atoms with Crippen molar-refractivity contribution < 1.29 is 26.8 Å². The molecular weight excluding hydrogens is 500 g/mol. The molecule has 0 spiro atoms. The average Bonchev–Trinajstić information content (AvgIpc) is 2.76. The molecule has 2 aromatic carbocycles. The number of amides is 2. The van der Waals surface area contributed by atoms with E-state index in [0.29, 0.717) is 10.6 Å². The first-order valence-corrected chi connectivity index (χ1v) is 13.3. The number of carbonyl (C=O) groups excluding carboxylic acids is 2. The molecule has 0 radical (unpaired) electrons. The third-order valence-electron chi connectivity index (χ3n) is 5.24. The first-order chi connectivity index (χ1) is 16.3. The van der Waals surface area contributed by atoms with Crippen LogP contribution >= 0.6 is 11.6 Å². The average molecular weight is 530 g/mol. The topological polar surface area (TPSA) is 86.8 Å². The molecule has 0 saturated carbocycles.